The van der Waals surface area contributed by atoms with Crippen LogP contribution in [0.15, 0.2) is 115 Å². The second kappa shape index (κ2) is 9.19. The number of benzene rings is 4. The second-order valence-corrected chi connectivity index (χ2v) is 7.42. The van der Waals surface area contributed by atoms with Crippen LogP contribution in [0.5, 0.6) is 0 Å². The Morgan fingerprint density at radius 3 is 1.75 bits per heavy atom. The van der Waals surface area contributed by atoms with E-state index in [0.717, 1.165) is 44.8 Å². The van der Waals surface area contributed by atoms with Crippen molar-refractivity contribution in [1.82, 2.24) is 15.4 Å². The van der Waals surface area contributed by atoms with Crippen molar-refractivity contribution >= 4 is 12.2 Å². The van der Waals surface area contributed by atoms with Crippen LogP contribution in [-0.2, 0) is 0 Å². The van der Waals surface area contributed by atoms with Crippen LogP contribution >= 0.6 is 0 Å². The van der Waals surface area contributed by atoms with E-state index in [1.165, 1.54) is 0 Å². The molecule has 0 fully saturated rings. The molecule has 1 heterocycles. The summed E-state index contributed by atoms with van der Waals surface area (Å²) in [6.45, 7) is 0. The van der Waals surface area contributed by atoms with Crippen molar-refractivity contribution in [3.8, 4) is 33.6 Å². The molecule has 32 heavy (non-hydrogen) atoms. The summed E-state index contributed by atoms with van der Waals surface area (Å²) in [5.74, 6) is 0. The van der Waals surface area contributed by atoms with Crippen LogP contribution in [0.2, 0.25) is 0 Å². The average molecular weight is 412 g/mol. The molecule has 0 atom stereocenters. The summed E-state index contributed by atoms with van der Waals surface area (Å²) in [7, 11) is 0. The van der Waals surface area contributed by atoms with Crippen LogP contribution in [0.1, 0.15) is 11.1 Å². The first-order valence-corrected chi connectivity index (χ1v) is 10.6. The quantitative estimate of drug-likeness (QED) is 0.291. The Hall–Kier alpha value is -4.37. The Balaban J connectivity index is 1.71. The van der Waals surface area contributed by atoms with E-state index in [1.807, 2.05) is 66.7 Å². The molecule has 0 saturated heterocycles. The maximum absolute atomic E-state index is 4.53. The highest BCUT2D eigenvalue weighted by atomic mass is 15.3. The molecule has 152 valence electrons. The van der Waals surface area contributed by atoms with Gasteiger partial charge in [-0.1, -0.05) is 127 Å². The molecule has 0 unspecified atom stereocenters. The fraction of sp³-hybridized carbons (Fsp3) is 0. The monoisotopic (exact) mass is 411 g/mol. The molecule has 5 rings (SSSR count). The number of rotatable bonds is 5. The lowest BCUT2D eigenvalue weighted by molar-refractivity contribution is 0.878. The highest BCUT2D eigenvalue weighted by molar-refractivity contribution is 5.93. The normalized spacial score (nSPS) is 11.0. The van der Waals surface area contributed by atoms with E-state index in [1.54, 1.807) is 0 Å². The van der Waals surface area contributed by atoms with Crippen molar-refractivity contribution < 1.29 is 0 Å². The van der Waals surface area contributed by atoms with E-state index in [9.17, 15) is 0 Å². The Morgan fingerprint density at radius 1 is 0.469 bits per heavy atom. The Morgan fingerprint density at radius 2 is 1.03 bits per heavy atom. The summed E-state index contributed by atoms with van der Waals surface area (Å²) in [5, 5.41) is 13.1. The van der Waals surface area contributed by atoms with Gasteiger partial charge < -0.3 is 0 Å². The zero-order valence-electron chi connectivity index (χ0n) is 17.5. The average Bonchev–Trinajstić information content (AvgIpc) is 2.89. The first kappa shape index (κ1) is 19.6. The molecule has 3 nitrogen and oxygen atoms in total. The van der Waals surface area contributed by atoms with Crippen molar-refractivity contribution in [2.45, 2.75) is 0 Å². The topological polar surface area (TPSA) is 38.7 Å². The third kappa shape index (κ3) is 4.09. The van der Waals surface area contributed by atoms with E-state index >= 15 is 0 Å². The molecule has 0 amide bonds. The van der Waals surface area contributed by atoms with Gasteiger partial charge in [0.05, 0.1) is 0 Å². The summed E-state index contributed by atoms with van der Waals surface area (Å²) in [6, 6.07) is 39.0. The van der Waals surface area contributed by atoms with Gasteiger partial charge in [-0.25, -0.2) is 0 Å². The zero-order chi connectivity index (χ0) is 21.6. The van der Waals surface area contributed by atoms with Crippen molar-refractivity contribution in [3.63, 3.8) is 0 Å². The first-order valence-electron chi connectivity index (χ1n) is 10.6. The lowest BCUT2D eigenvalue weighted by Crippen LogP contribution is -2.01. The van der Waals surface area contributed by atoms with Crippen LogP contribution < -0.4 is 0 Å². The molecule has 0 N–H and O–H groups in total. The Bertz CT molecular complexity index is 1350. The van der Waals surface area contributed by atoms with Gasteiger partial charge in [-0.3, -0.25) is 0 Å². The molecule has 0 spiro atoms. The van der Waals surface area contributed by atoms with Gasteiger partial charge in [0.1, 0.15) is 11.4 Å². The van der Waals surface area contributed by atoms with Gasteiger partial charge in [-0.2, -0.15) is 0 Å². The molecule has 0 bridgehead atoms. The minimum absolute atomic E-state index is 0.818. The summed E-state index contributed by atoms with van der Waals surface area (Å²) in [4.78, 5) is 0. The molecule has 3 heteroatoms. The second-order valence-electron chi connectivity index (χ2n) is 7.42. The third-order valence-corrected chi connectivity index (χ3v) is 5.34. The molecule has 0 saturated carbocycles. The fourth-order valence-corrected chi connectivity index (χ4v) is 3.80. The van der Waals surface area contributed by atoms with E-state index in [2.05, 4.69) is 76.1 Å². The molecule has 0 aliphatic heterocycles. The van der Waals surface area contributed by atoms with Crippen molar-refractivity contribution in [2.75, 3.05) is 0 Å². The van der Waals surface area contributed by atoms with E-state index in [-0.39, 0.29) is 0 Å². The summed E-state index contributed by atoms with van der Waals surface area (Å²) in [6.07, 6.45) is 4.25. The van der Waals surface area contributed by atoms with Gasteiger partial charge in [0.15, 0.2) is 0 Å². The van der Waals surface area contributed by atoms with E-state index in [4.69, 9.17) is 0 Å². The maximum atomic E-state index is 4.53. The Labute approximate surface area is 187 Å². The SMILES string of the molecule is C(=Cc1ccccc1-c1nnnc(-c2ccccc2)c1-c1ccccc1)c1ccccc1. The van der Waals surface area contributed by atoms with Crippen LogP contribution in [0.3, 0.4) is 0 Å². The first-order chi connectivity index (χ1) is 15.9. The molecule has 0 aliphatic rings. The highest BCUT2D eigenvalue weighted by Crippen LogP contribution is 2.38. The van der Waals surface area contributed by atoms with Gasteiger partial charge in [0, 0.05) is 16.7 Å². The zero-order valence-corrected chi connectivity index (χ0v) is 17.5. The summed E-state index contributed by atoms with van der Waals surface area (Å²) in [5.41, 5.74) is 7.94. The lowest BCUT2D eigenvalue weighted by Gasteiger charge is -2.14. The minimum atomic E-state index is 0.818. The molecular formula is C29H21N3. The highest BCUT2D eigenvalue weighted by Gasteiger charge is 2.18. The van der Waals surface area contributed by atoms with Gasteiger partial charge in [-0.05, 0) is 21.9 Å². The van der Waals surface area contributed by atoms with Gasteiger partial charge >= 0.3 is 0 Å². The molecule has 4 aromatic carbocycles. The number of aromatic nitrogens is 3. The van der Waals surface area contributed by atoms with Crippen LogP contribution in [-0.4, -0.2) is 15.4 Å². The number of hydrogen-bond donors (Lipinski definition) is 0. The van der Waals surface area contributed by atoms with E-state index < -0.39 is 0 Å². The van der Waals surface area contributed by atoms with Crippen molar-refractivity contribution in [2.24, 2.45) is 0 Å². The third-order valence-electron chi connectivity index (χ3n) is 5.34. The van der Waals surface area contributed by atoms with Gasteiger partial charge in [0.25, 0.3) is 0 Å². The van der Waals surface area contributed by atoms with Crippen LogP contribution in [0.4, 0.5) is 0 Å². The summed E-state index contributed by atoms with van der Waals surface area (Å²) < 4.78 is 0. The van der Waals surface area contributed by atoms with Crippen LogP contribution in [0.25, 0.3) is 45.8 Å². The van der Waals surface area contributed by atoms with Crippen molar-refractivity contribution in [3.05, 3.63) is 126 Å². The van der Waals surface area contributed by atoms with Crippen molar-refractivity contribution in [1.29, 1.82) is 0 Å². The molecule has 1 aromatic heterocycles. The lowest BCUT2D eigenvalue weighted by atomic mass is 9.93. The minimum Gasteiger partial charge on any atom is -0.129 e. The number of nitrogens with zero attached hydrogens (tertiary/aromatic N) is 3. The number of hydrogen-bond acceptors (Lipinski definition) is 3. The molecule has 5 aromatic rings. The molecule has 0 aliphatic carbocycles. The van der Waals surface area contributed by atoms with Gasteiger partial charge in [-0.15, -0.1) is 10.2 Å². The maximum Gasteiger partial charge on any atom is 0.105 e. The van der Waals surface area contributed by atoms with E-state index in [0.29, 0.717) is 0 Å². The predicted molar refractivity (Wildman–Crippen MR) is 132 cm³/mol. The molecular weight excluding hydrogens is 390 g/mol. The fourth-order valence-electron chi connectivity index (χ4n) is 3.80. The predicted octanol–water partition coefficient (Wildman–Crippen LogP) is 7.04. The Kier molecular flexibility index (Phi) is 5.62. The standard InChI is InChI=1S/C29H21N3/c1-4-12-22(13-5-1)20-21-23-14-10-11-19-26(23)29-27(24-15-6-2-7-16-24)28(30-32-31-29)25-17-8-3-9-18-25/h1-21H. The summed E-state index contributed by atoms with van der Waals surface area (Å²) >= 11 is 0. The van der Waals surface area contributed by atoms with Gasteiger partial charge in [0.2, 0.25) is 0 Å². The van der Waals surface area contributed by atoms with Crippen LogP contribution in [0, 0.1) is 0 Å². The smallest absolute Gasteiger partial charge is 0.105 e. The molecule has 0 radical (unpaired) electrons. The largest absolute Gasteiger partial charge is 0.129 e.